The molecule has 0 aliphatic heterocycles. The molecule has 1 atom stereocenters. The first-order valence-electron chi connectivity index (χ1n) is 25.6. The van der Waals surface area contributed by atoms with Crippen molar-refractivity contribution in [3.63, 3.8) is 0 Å². The van der Waals surface area contributed by atoms with Crippen LogP contribution in [0.15, 0.2) is 11.9 Å². The van der Waals surface area contributed by atoms with E-state index in [1.54, 1.807) is 0 Å². The molecule has 0 saturated carbocycles. The SMILES string of the molecule is C/C=C(\NC)NCCCN(CCCCCCCC(=O)OC(CC)CCCCCCCC)CCCCCCCC(=O)OC(CCCCCCCC)CCCCCCCC. The molecular weight excluding hydrogens is 719 g/mol. The molecular formula is C51H101N3O4. The molecule has 0 amide bonds. The average molecular weight is 820 g/mol. The number of esters is 2. The summed E-state index contributed by atoms with van der Waals surface area (Å²) in [6.45, 7) is 15.4. The summed E-state index contributed by atoms with van der Waals surface area (Å²) in [6, 6.07) is 0. The zero-order chi connectivity index (χ0) is 42.6. The van der Waals surface area contributed by atoms with Crippen molar-refractivity contribution in [3.8, 4) is 0 Å². The number of nitrogens with zero attached hydrogens (tertiary/aromatic N) is 1. The maximum absolute atomic E-state index is 12.8. The number of hydrogen-bond acceptors (Lipinski definition) is 7. The summed E-state index contributed by atoms with van der Waals surface area (Å²) in [4.78, 5) is 28.0. The van der Waals surface area contributed by atoms with Crippen molar-refractivity contribution in [2.75, 3.05) is 33.2 Å². The first-order valence-corrected chi connectivity index (χ1v) is 25.6. The average Bonchev–Trinajstić information content (AvgIpc) is 3.22. The number of carbonyl (C=O) groups is 2. The smallest absolute Gasteiger partial charge is 0.306 e. The third kappa shape index (κ3) is 38.4. The Morgan fingerprint density at radius 3 is 1.26 bits per heavy atom. The van der Waals surface area contributed by atoms with Crippen LogP contribution in [0.2, 0.25) is 0 Å². The highest BCUT2D eigenvalue weighted by Gasteiger charge is 2.15. The van der Waals surface area contributed by atoms with Crippen molar-refractivity contribution < 1.29 is 19.1 Å². The fraction of sp³-hybridized carbons (Fsp3) is 0.922. The molecule has 0 heterocycles. The van der Waals surface area contributed by atoms with E-state index in [0.29, 0.717) is 12.8 Å². The van der Waals surface area contributed by atoms with E-state index in [9.17, 15) is 9.59 Å². The number of hydrogen-bond donors (Lipinski definition) is 2. The van der Waals surface area contributed by atoms with Crippen molar-refractivity contribution in [1.29, 1.82) is 0 Å². The van der Waals surface area contributed by atoms with Crippen LogP contribution in [0.1, 0.15) is 259 Å². The third-order valence-corrected chi connectivity index (χ3v) is 11.9. The highest BCUT2D eigenvalue weighted by atomic mass is 16.5. The summed E-state index contributed by atoms with van der Waals surface area (Å²) in [5, 5.41) is 6.72. The number of unbranched alkanes of at least 4 members (excludes halogenated alkanes) is 23. The molecule has 7 nitrogen and oxygen atoms in total. The Hall–Kier alpha value is -1.76. The highest BCUT2D eigenvalue weighted by molar-refractivity contribution is 5.69. The minimum atomic E-state index is 0.00291. The second-order valence-corrected chi connectivity index (χ2v) is 17.4. The van der Waals surface area contributed by atoms with Crippen molar-refractivity contribution in [1.82, 2.24) is 15.5 Å². The van der Waals surface area contributed by atoms with Gasteiger partial charge in [0.05, 0.1) is 5.82 Å². The topological polar surface area (TPSA) is 79.9 Å². The molecule has 0 rings (SSSR count). The van der Waals surface area contributed by atoms with Crippen LogP contribution in [0.25, 0.3) is 0 Å². The number of rotatable bonds is 46. The quantitative estimate of drug-likeness (QED) is 0.0468. The summed E-state index contributed by atoms with van der Waals surface area (Å²) >= 11 is 0. The van der Waals surface area contributed by atoms with Crippen molar-refractivity contribution >= 4 is 11.9 Å². The zero-order valence-corrected chi connectivity index (χ0v) is 39.9. The van der Waals surface area contributed by atoms with Gasteiger partial charge in [-0.25, -0.2) is 0 Å². The van der Waals surface area contributed by atoms with Gasteiger partial charge in [0.15, 0.2) is 0 Å². The minimum Gasteiger partial charge on any atom is -0.462 e. The standard InChI is InChI=1S/C51H101N3O4/c1-7-12-15-18-23-30-38-47(10-4)57-50(55)41-33-26-21-28-35-44-54(46-37-43-53-49(11-5)52-6)45-36-29-22-27-34-42-51(56)58-48(39-31-24-19-16-13-8-2)40-32-25-20-17-14-9-3/h11,47-48,52-53H,7-10,12-46H2,1-6H3/b49-11+. The summed E-state index contributed by atoms with van der Waals surface area (Å²) in [7, 11) is 1.96. The molecule has 2 N–H and O–H groups in total. The van der Waals surface area contributed by atoms with Crippen LogP contribution in [0.5, 0.6) is 0 Å². The van der Waals surface area contributed by atoms with E-state index in [0.717, 1.165) is 89.8 Å². The highest BCUT2D eigenvalue weighted by Crippen LogP contribution is 2.19. The van der Waals surface area contributed by atoms with Gasteiger partial charge in [-0.1, -0.05) is 163 Å². The van der Waals surface area contributed by atoms with Crippen molar-refractivity contribution in [2.24, 2.45) is 0 Å². The van der Waals surface area contributed by atoms with Crippen LogP contribution in [0.3, 0.4) is 0 Å². The van der Waals surface area contributed by atoms with Crippen LogP contribution in [0, 0.1) is 0 Å². The third-order valence-electron chi connectivity index (χ3n) is 11.9. The first-order chi connectivity index (χ1) is 28.4. The summed E-state index contributed by atoms with van der Waals surface area (Å²) in [6.07, 6.45) is 43.1. The number of nitrogens with one attached hydrogen (secondary N) is 2. The Morgan fingerprint density at radius 2 is 0.845 bits per heavy atom. The molecule has 0 spiro atoms. The van der Waals surface area contributed by atoms with E-state index in [-0.39, 0.29) is 24.1 Å². The van der Waals surface area contributed by atoms with Gasteiger partial charge in [-0.15, -0.1) is 0 Å². The fourth-order valence-electron chi connectivity index (χ4n) is 8.02. The molecule has 1 unspecified atom stereocenters. The molecule has 0 aromatic rings. The second-order valence-electron chi connectivity index (χ2n) is 17.4. The molecule has 0 fully saturated rings. The lowest BCUT2D eigenvalue weighted by Gasteiger charge is -2.23. The summed E-state index contributed by atoms with van der Waals surface area (Å²) < 4.78 is 11.9. The molecule has 0 saturated heterocycles. The number of allylic oxidation sites excluding steroid dienone is 1. The predicted molar refractivity (Wildman–Crippen MR) is 251 cm³/mol. The van der Waals surface area contributed by atoms with Gasteiger partial charge in [0, 0.05) is 26.4 Å². The van der Waals surface area contributed by atoms with Gasteiger partial charge in [-0.3, -0.25) is 9.59 Å². The molecule has 0 aromatic carbocycles. The predicted octanol–water partition coefficient (Wildman–Crippen LogP) is 14.5. The van der Waals surface area contributed by atoms with Gasteiger partial charge >= 0.3 is 11.9 Å². The Morgan fingerprint density at radius 1 is 0.483 bits per heavy atom. The molecule has 0 bridgehead atoms. The van der Waals surface area contributed by atoms with Gasteiger partial charge in [-0.05, 0) is 110 Å². The maximum Gasteiger partial charge on any atom is 0.306 e. The van der Waals surface area contributed by atoms with Crippen molar-refractivity contribution in [3.05, 3.63) is 11.9 Å². The largest absolute Gasteiger partial charge is 0.462 e. The van der Waals surface area contributed by atoms with Crippen molar-refractivity contribution in [2.45, 2.75) is 272 Å². The molecule has 0 radical (unpaired) electrons. The van der Waals surface area contributed by atoms with Gasteiger partial charge in [-0.2, -0.15) is 0 Å². The van der Waals surface area contributed by atoms with E-state index in [2.05, 4.69) is 56.2 Å². The summed E-state index contributed by atoms with van der Waals surface area (Å²) in [5.41, 5.74) is 0. The van der Waals surface area contributed by atoms with Gasteiger partial charge in [0.2, 0.25) is 0 Å². The first kappa shape index (κ1) is 56.2. The Kier molecular flexibility index (Phi) is 43.4. The normalized spacial score (nSPS) is 12.4. The van der Waals surface area contributed by atoms with Crippen LogP contribution >= 0.6 is 0 Å². The number of ether oxygens (including phenoxy) is 2. The van der Waals surface area contributed by atoms with E-state index in [1.165, 1.54) is 154 Å². The van der Waals surface area contributed by atoms with E-state index in [1.807, 2.05) is 7.05 Å². The molecule has 0 aromatic heterocycles. The monoisotopic (exact) mass is 820 g/mol. The van der Waals surface area contributed by atoms with E-state index < -0.39 is 0 Å². The number of carbonyl (C=O) groups excluding carboxylic acids is 2. The maximum atomic E-state index is 12.8. The van der Waals surface area contributed by atoms with Crippen LogP contribution < -0.4 is 10.6 Å². The van der Waals surface area contributed by atoms with Gasteiger partial charge in [0.1, 0.15) is 12.2 Å². The molecule has 0 aliphatic rings. The molecule has 7 heteroatoms. The van der Waals surface area contributed by atoms with Crippen LogP contribution in [-0.2, 0) is 19.1 Å². The van der Waals surface area contributed by atoms with Crippen LogP contribution in [0.4, 0.5) is 0 Å². The Labute approximate surface area is 362 Å². The Balaban J connectivity index is 4.46. The fourth-order valence-corrected chi connectivity index (χ4v) is 8.02. The lowest BCUT2D eigenvalue weighted by molar-refractivity contribution is -0.150. The minimum absolute atomic E-state index is 0.00291. The van der Waals surface area contributed by atoms with Gasteiger partial charge in [0.25, 0.3) is 0 Å². The zero-order valence-electron chi connectivity index (χ0n) is 39.9. The Bertz CT molecular complexity index is 896. The second kappa shape index (κ2) is 44.8. The van der Waals surface area contributed by atoms with E-state index in [4.69, 9.17) is 9.47 Å². The molecule has 58 heavy (non-hydrogen) atoms. The molecule has 344 valence electrons. The lowest BCUT2D eigenvalue weighted by Crippen LogP contribution is -2.31. The van der Waals surface area contributed by atoms with Gasteiger partial charge < -0.3 is 25.0 Å². The van der Waals surface area contributed by atoms with Crippen LogP contribution in [-0.4, -0.2) is 62.3 Å². The van der Waals surface area contributed by atoms with E-state index >= 15 is 0 Å². The summed E-state index contributed by atoms with van der Waals surface area (Å²) in [5.74, 6) is 1.13. The lowest BCUT2D eigenvalue weighted by atomic mass is 10.0. The molecule has 0 aliphatic carbocycles.